The minimum absolute atomic E-state index is 0.0634. The van der Waals surface area contributed by atoms with Gasteiger partial charge in [0.15, 0.2) is 0 Å². The molecule has 1 aromatic rings. The molecule has 3 heteroatoms. The highest BCUT2D eigenvalue weighted by Crippen LogP contribution is 2.20. The largest absolute Gasteiger partial charge is 0.325 e. The molecule has 0 aromatic heterocycles. The summed E-state index contributed by atoms with van der Waals surface area (Å²) < 4.78 is 13.9. The standard InChI is InChI=1S/C10H11BrFN/c1-7(13)5-6-8-9(11)3-2-4-10(8)12/h2-7H,13H2,1H3/b6-5+. The molecule has 1 aromatic carbocycles. The van der Waals surface area contributed by atoms with Gasteiger partial charge in [-0.3, -0.25) is 0 Å². The normalized spacial score (nSPS) is 13.5. The molecule has 13 heavy (non-hydrogen) atoms. The van der Waals surface area contributed by atoms with Crippen molar-refractivity contribution in [3.63, 3.8) is 0 Å². The molecule has 0 heterocycles. The predicted octanol–water partition coefficient (Wildman–Crippen LogP) is 2.95. The highest BCUT2D eigenvalue weighted by molar-refractivity contribution is 9.10. The van der Waals surface area contributed by atoms with E-state index in [2.05, 4.69) is 15.9 Å². The van der Waals surface area contributed by atoms with Crippen molar-refractivity contribution in [3.8, 4) is 0 Å². The fourth-order valence-electron chi connectivity index (χ4n) is 0.918. The van der Waals surface area contributed by atoms with Crippen LogP contribution < -0.4 is 5.73 Å². The summed E-state index contributed by atoms with van der Waals surface area (Å²) in [6, 6.07) is 4.81. The van der Waals surface area contributed by atoms with Gasteiger partial charge in [-0.2, -0.15) is 0 Å². The van der Waals surface area contributed by atoms with Crippen LogP contribution in [0.4, 0.5) is 4.39 Å². The maximum Gasteiger partial charge on any atom is 0.131 e. The molecule has 1 nitrogen and oxygen atoms in total. The number of rotatable bonds is 2. The summed E-state index contributed by atoms with van der Waals surface area (Å²) in [6.07, 6.45) is 3.44. The van der Waals surface area contributed by atoms with Gasteiger partial charge < -0.3 is 5.73 Å². The molecule has 2 N–H and O–H groups in total. The van der Waals surface area contributed by atoms with E-state index in [1.54, 1.807) is 24.3 Å². The van der Waals surface area contributed by atoms with Crippen LogP contribution >= 0.6 is 15.9 Å². The molecule has 0 aliphatic carbocycles. The Kier molecular flexibility index (Phi) is 3.63. The first-order valence-corrected chi connectivity index (χ1v) is 4.78. The lowest BCUT2D eigenvalue weighted by atomic mass is 10.2. The second-order valence-corrected chi connectivity index (χ2v) is 3.71. The average molecular weight is 244 g/mol. The van der Waals surface area contributed by atoms with Crippen molar-refractivity contribution in [2.75, 3.05) is 0 Å². The molecule has 1 unspecified atom stereocenters. The van der Waals surface area contributed by atoms with Gasteiger partial charge in [-0.05, 0) is 19.1 Å². The van der Waals surface area contributed by atoms with Crippen molar-refractivity contribution in [3.05, 3.63) is 40.1 Å². The predicted molar refractivity (Wildman–Crippen MR) is 56.8 cm³/mol. The van der Waals surface area contributed by atoms with Gasteiger partial charge in [0.05, 0.1) is 0 Å². The van der Waals surface area contributed by atoms with Crippen LogP contribution in [-0.4, -0.2) is 6.04 Å². The summed E-state index contributed by atoms with van der Waals surface area (Å²) in [5.74, 6) is -0.244. The summed E-state index contributed by atoms with van der Waals surface area (Å²) in [5, 5.41) is 0. The van der Waals surface area contributed by atoms with Gasteiger partial charge in [0.2, 0.25) is 0 Å². The lowest BCUT2D eigenvalue weighted by Gasteiger charge is -2.00. The van der Waals surface area contributed by atoms with Crippen LogP contribution in [-0.2, 0) is 0 Å². The number of benzene rings is 1. The molecule has 0 bridgehead atoms. The van der Waals surface area contributed by atoms with Gasteiger partial charge in [-0.1, -0.05) is 34.1 Å². The number of hydrogen-bond acceptors (Lipinski definition) is 1. The summed E-state index contributed by atoms with van der Waals surface area (Å²) in [5.41, 5.74) is 6.06. The lowest BCUT2D eigenvalue weighted by molar-refractivity contribution is 0.624. The van der Waals surface area contributed by atoms with Gasteiger partial charge in [0.25, 0.3) is 0 Å². The van der Waals surface area contributed by atoms with Crippen molar-refractivity contribution < 1.29 is 4.39 Å². The van der Waals surface area contributed by atoms with E-state index >= 15 is 0 Å². The van der Waals surface area contributed by atoms with E-state index in [9.17, 15) is 4.39 Å². The molecule has 0 saturated carbocycles. The summed E-state index contributed by atoms with van der Waals surface area (Å²) in [4.78, 5) is 0. The molecule has 70 valence electrons. The zero-order valence-corrected chi connectivity index (χ0v) is 8.88. The van der Waals surface area contributed by atoms with Crippen molar-refractivity contribution in [2.24, 2.45) is 5.73 Å². The van der Waals surface area contributed by atoms with Crippen LogP contribution in [0.25, 0.3) is 6.08 Å². The van der Waals surface area contributed by atoms with Gasteiger partial charge in [0, 0.05) is 16.1 Å². The first kappa shape index (κ1) is 10.4. The maximum absolute atomic E-state index is 13.2. The smallest absolute Gasteiger partial charge is 0.131 e. The lowest BCUT2D eigenvalue weighted by Crippen LogP contribution is -2.10. The second-order valence-electron chi connectivity index (χ2n) is 2.85. The van der Waals surface area contributed by atoms with Crippen LogP contribution in [0.5, 0.6) is 0 Å². The Morgan fingerprint density at radius 2 is 2.23 bits per heavy atom. The van der Waals surface area contributed by atoms with Crippen molar-refractivity contribution >= 4 is 22.0 Å². The van der Waals surface area contributed by atoms with Crippen molar-refractivity contribution in [2.45, 2.75) is 13.0 Å². The Hall–Kier alpha value is -0.670. The van der Waals surface area contributed by atoms with Gasteiger partial charge >= 0.3 is 0 Å². The first-order valence-electron chi connectivity index (χ1n) is 3.99. The van der Waals surface area contributed by atoms with Crippen LogP contribution in [0, 0.1) is 5.82 Å². The molecule has 0 amide bonds. The molecule has 0 aliphatic rings. The Bertz CT molecular complexity index is 300. The molecular weight excluding hydrogens is 233 g/mol. The third-order valence-electron chi connectivity index (χ3n) is 1.57. The molecule has 0 saturated heterocycles. The molecule has 1 rings (SSSR count). The van der Waals surface area contributed by atoms with Crippen LogP contribution in [0.3, 0.4) is 0 Å². The first-order chi connectivity index (χ1) is 6.11. The van der Waals surface area contributed by atoms with Gasteiger partial charge in [-0.15, -0.1) is 0 Å². The van der Waals surface area contributed by atoms with Crippen LogP contribution in [0.2, 0.25) is 0 Å². The fourth-order valence-corrected chi connectivity index (χ4v) is 1.39. The monoisotopic (exact) mass is 243 g/mol. The minimum Gasteiger partial charge on any atom is -0.325 e. The van der Waals surface area contributed by atoms with E-state index in [1.165, 1.54) is 6.07 Å². The summed E-state index contributed by atoms with van der Waals surface area (Å²) in [6.45, 7) is 1.84. The van der Waals surface area contributed by atoms with E-state index in [1.807, 2.05) is 6.92 Å². The number of nitrogens with two attached hydrogens (primary N) is 1. The zero-order chi connectivity index (χ0) is 9.84. The Morgan fingerprint density at radius 1 is 1.54 bits per heavy atom. The van der Waals surface area contributed by atoms with Gasteiger partial charge in [-0.25, -0.2) is 4.39 Å². The maximum atomic E-state index is 13.2. The van der Waals surface area contributed by atoms with Crippen LogP contribution in [0.1, 0.15) is 12.5 Å². The molecule has 0 radical (unpaired) electrons. The summed E-state index contributed by atoms with van der Waals surface area (Å²) >= 11 is 3.27. The highest BCUT2D eigenvalue weighted by Gasteiger charge is 2.01. The molecule has 0 spiro atoms. The minimum atomic E-state index is -0.244. The molecule has 0 fully saturated rings. The van der Waals surface area contributed by atoms with Crippen molar-refractivity contribution in [1.29, 1.82) is 0 Å². The van der Waals surface area contributed by atoms with Crippen LogP contribution in [0.15, 0.2) is 28.7 Å². The van der Waals surface area contributed by atoms with E-state index in [0.717, 1.165) is 4.47 Å². The Balaban J connectivity index is 3.00. The number of halogens is 2. The van der Waals surface area contributed by atoms with E-state index in [0.29, 0.717) is 5.56 Å². The third-order valence-corrected chi connectivity index (χ3v) is 2.26. The third kappa shape index (κ3) is 2.94. The average Bonchev–Trinajstić information content (AvgIpc) is 2.03. The van der Waals surface area contributed by atoms with E-state index < -0.39 is 0 Å². The fraction of sp³-hybridized carbons (Fsp3) is 0.200. The van der Waals surface area contributed by atoms with Gasteiger partial charge in [0.1, 0.15) is 5.82 Å². The highest BCUT2D eigenvalue weighted by atomic mass is 79.9. The second kappa shape index (κ2) is 4.53. The van der Waals surface area contributed by atoms with Crippen molar-refractivity contribution in [1.82, 2.24) is 0 Å². The number of hydrogen-bond donors (Lipinski definition) is 1. The quantitative estimate of drug-likeness (QED) is 0.850. The Labute approximate surface area is 85.6 Å². The summed E-state index contributed by atoms with van der Waals surface area (Å²) in [7, 11) is 0. The topological polar surface area (TPSA) is 26.0 Å². The molecule has 0 aliphatic heterocycles. The van der Waals surface area contributed by atoms with E-state index in [-0.39, 0.29) is 11.9 Å². The van der Waals surface area contributed by atoms with E-state index in [4.69, 9.17) is 5.73 Å². The SMILES string of the molecule is CC(N)/C=C/c1c(F)cccc1Br. The Morgan fingerprint density at radius 3 is 2.77 bits per heavy atom. The molecule has 1 atom stereocenters. The molecular formula is C10H11BrFN. The zero-order valence-electron chi connectivity index (χ0n) is 7.30.